The van der Waals surface area contributed by atoms with Crippen LogP contribution in [0, 0.1) is 11.6 Å². The standard InChI is InChI=1S/C25H24F2N2O2/c26-20-7-3-18(4-8-20)23(30)13-14-25(19-5-1-17(15-28)2-6-19)16-29(24(25)31)22-11-9-21(27)10-12-22/h1-12,23,30H,13-16,28H2. The largest absolute Gasteiger partial charge is 0.388 e. The van der Waals surface area contributed by atoms with Crippen LogP contribution in [0.3, 0.4) is 0 Å². The second kappa shape index (κ2) is 8.57. The van der Waals surface area contributed by atoms with Gasteiger partial charge in [-0.25, -0.2) is 8.78 Å². The number of hydrogen-bond donors (Lipinski definition) is 2. The normalized spacial score (nSPS) is 19.2. The van der Waals surface area contributed by atoms with E-state index in [1.54, 1.807) is 29.2 Å². The Labute approximate surface area is 179 Å². The van der Waals surface area contributed by atoms with Gasteiger partial charge in [0.05, 0.1) is 11.5 Å². The maximum absolute atomic E-state index is 13.4. The number of carbonyl (C=O) groups is 1. The van der Waals surface area contributed by atoms with E-state index in [4.69, 9.17) is 5.73 Å². The molecule has 0 spiro atoms. The maximum Gasteiger partial charge on any atom is 0.239 e. The van der Waals surface area contributed by atoms with Crippen molar-refractivity contribution in [3.8, 4) is 0 Å². The van der Waals surface area contributed by atoms with E-state index >= 15 is 0 Å². The van der Waals surface area contributed by atoms with E-state index in [9.17, 15) is 18.7 Å². The highest BCUT2D eigenvalue weighted by molar-refractivity contribution is 6.08. The van der Waals surface area contributed by atoms with Gasteiger partial charge in [-0.05, 0) is 65.9 Å². The fraction of sp³-hybridized carbons (Fsp3) is 0.240. The molecule has 0 radical (unpaired) electrons. The van der Waals surface area contributed by atoms with E-state index in [0.717, 1.165) is 11.1 Å². The van der Waals surface area contributed by atoms with Crippen LogP contribution in [-0.4, -0.2) is 17.6 Å². The predicted octanol–water partition coefficient (Wildman–Crippen LogP) is 4.22. The zero-order valence-electron chi connectivity index (χ0n) is 17.0. The summed E-state index contributed by atoms with van der Waals surface area (Å²) in [5.41, 5.74) is 7.98. The van der Waals surface area contributed by atoms with Gasteiger partial charge in [-0.3, -0.25) is 4.79 Å². The van der Waals surface area contributed by atoms with Crippen LogP contribution in [0.15, 0.2) is 72.8 Å². The summed E-state index contributed by atoms with van der Waals surface area (Å²) in [6, 6.07) is 19.2. The first-order valence-electron chi connectivity index (χ1n) is 10.2. The smallest absolute Gasteiger partial charge is 0.239 e. The molecule has 0 aromatic heterocycles. The Balaban J connectivity index is 1.58. The van der Waals surface area contributed by atoms with Gasteiger partial charge in [-0.1, -0.05) is 36.4 Å². The molecule has 1 aliphatic rings. The summed E-state index contributed by atoms with van der Waals surface area (Å²) < 4.78 is 26.5. The molecule has 1 heterocycles. The fourth-order valence-electron chi connectivity index (χ4n) is 4.15. The molecule has 0 aliphatic carbocycles. The van der Waals surface area contributed by atoms with Crippen LogP contribution in [-0.2, 0) is 16.8 Å². The van der Waals surface area contributed by atoms with Crippen molar-refractivity contribution < 1.29 is 18.7 Å². The van der Waals surface area contributed by atoms with E-state index < -0.39 is 11.5 Å². The van der Waals surface area contributed by atoms with Gasteiger partial charge in [-0.15, -0.1) is 0 Å². The molecule has 160 valence electrons. The molecule has 3 aromatic carbocycles. The molecule has 1 saturated heterocycles. The second-order valence-electron chi connectivity index (χ2n) is 7.96. The topological polar surface area (TPSA) is 66.6 Å². The van der Waals surface area contributed by atoms with E-state index in [0.29, 0.717) is 37.2 Å². The van der Waals surface area contributed by atoms with E-state index in [2.05, 4.69) is 0 Å². The van der Waals surface area contributed by atoms with Crippen molar-refractivity contribution in [2.75, 3.05) is 11.4 Å². The molecule has 31 heavy (non-hydrogen) atoms. The minimum absolute atomic E-state index is 0.0917. The Morgan fingerprint density at radius 3 is 2.06 bits per heavy atom. The Hall–Kier alpha value is -3.09. The molecule has 1 amide bonds. The molecule has 0 bridgehead atoms. The molecular weight excluding hydrogens is 398 g/mol. The number of aliphatic hydroxyl groups is 1. The summed E-state index contributed by atoms with van der Waals surface area (Å²) in [4.78, 5) is 15.0. The highest BCUT2D eigenvalue weighted by atomic mass is 19.1. The number of benzene rings is 3. The molecule has 6 heteroatoms. The van der Waals surface area contributed by atoms with Crippen LogP contribution >= 0.6 is 0 Å². The number of β-lactam (4-membered cyclic amide) rings is 1. The summed E-state index contributed by atoms with van der Waals surface area (Å²) in [5, 5.41) is 10.6. The number of aliphatic hydroxyl groups excluding tert-OH is 1. The lowest BCUT2D eigenvalue weighted by Crippen LogP contribution is -2.64. The van der Waals surface area contributed by atoms with Crippen molar-refractivity contribution in [1.82, 2.24) is 0 Å². The van der Waals surface area contributed by atoms with Crippen LogP contribution in [0.5, 0.6) is 0 Å². The molecule has 0 saturated carbocycles. The highest BCUT2D eigenvalue weighted by Crippen LogP contribution is 2.44. The van der Waals surface area contributed by atoms with Gasteiger partial charge in [0.1, 0.15) is 11.6 Å². The molecule has 4 rings (SSSR count). The molecule has 3 aromatic rings. The highest BCUT2D eigenvalue weighted by Gasteiger charge is 2.53. The van der Waals surface area contributed by atoms with Crippen molar-refractivity contribution >= 4 is 11.6 Å². The molecule has 2 atom stereocenters. The van der Waals surface area contributed by atoms with Gasteiger partial charge in [0, 0.05) is 18.8 Å². The number of halogens is 2. The van der Waals surface area contributed by atoms with E-state index in [1.165, 1.54) is 24.3 Å². The van der Waals surface area contributed by atoms with E-state index in [-0.39, 0.29) is 17.5 Å². The number of anilines is 1. The molecule has 3 N–H and O–H groups in total. The average Bonchev–Trinajstić information content (AvgIpc) is 2.80. The molecule has 1 fully saturated rings. The minimum atomic E-state index is -0.812. The third kappa shape index (κ3) is 4.09. The number of nitrogens with two attached hydrogens (primary N) is 1. The zero-order valence-corrected chi connectivity index (χ0v) is 17.0. The third-order valence-corrected chi connectivity index (χ3v) is 6.06. The molecule has 4 nitrogen and oxygen atoms in total. The van der Waals surface area contributed by atoms with Crippen molar-refractivity contribution in [2.45, 2.75) is 30.9 Å². The van der Waals surface area contributed by atoms with Crippen LogP contribution in [0.25, 0.3) is 0 Å². The van der Waals surface area contributed by atoms with Crippen LogP contribution in [0.2, 0.25) is 0 Å². The first-order valence-corrected chi connectivity index (χ1v) is 10.2. The quantitative estimate of drug-likeness (QED) is 0.560. The average molecular weight is 422 g/mol. The van der Waals surface area contributed by atoms with Gasteiger partial charge in [0.2, 0.25) is 5.91 Å². The lowest BCUT2D eigenvalue weighted by atomic mass is 9.68. The third-order valence-electron chi connectivity index (χ3n) is 6.06. The van der Waals surface area contributed by atoms with Crippen molar-refractivity contribution in [2.24, 2.45) is 5.73 Å². The lowest BCUT2D eigenvalue weighted by Gasteiger charge is -2.49. The number of carbonyl (C=O) groups excluding carboxylic acids is 1. The fourth-order valence-corrected chi connectivity index (χ4v) is 4.15. The SMILES string of the molecule is NCc1ccc(C2(CCC(O)c3ccc(F)cc3)CN(c3ccc(F)cc3)C2=O)cc1. The van der Waals surface area contributed by atoms with Crippen molar-refractivity contribution in [3.05, 3.63) is 101 Å². The predicted molar refractivity (Wildman–Crippen MR) is 115 cm³/mol. The monoisotopic (exact) mass is 422 g/mol. The first-order chi connectivity index (χ1) is 14.9. The van der Waals surface area contributed by atoms with Crippen LogP contribution < -0.4 is 10.6 Å². The first kappa shape index (κ1) is 21.2. The van der Waals surface area contributed by atoms with Crippen molar-refractivity contribution in [1.29, 1.82) is 0 Å². The lowest BCUT2D eigenvalue weighted by molar-refractivity contribution is -0.130. The summed E-state index contributed by atoms with van der Waals surface area (Å²) in [5.74, 6) is -0.815. The van der Waals surface area contributed by atoms with Crippen molar-refractivity contribution in [3.63, 3.8) is 0 Å². The minimum Gasteiger partial charge on any atom is -0.388 e. The molecule has 2 unspecified atom stereocenters. The second-order valence-corrected chi connectivity index (χ2v) is 7.96. The number of hydrogen-bond acceptors (Lipinski definition) is 3. The molecular formula is C25H24F2N2O2. The van der Waals surface area contributed by atoms with Gasteiger partial charge in [0.25, 0.3) is 0 Å². The number of rotatable bonds is 7. The van der Waals surface area contributed by atoms with Gasteiger partial charge in [-0.2, -0.15) is 0 Å². The Morgan fingerprint density at radius 1 is 0.935 bits per heavy atom. The van der Waals surface area contributed by atoms with Gasteiger partial charge in [0.15, 0.2) is 0 Å². The van der Waals surface area contributed by atoms with Crippen LogP contribution in [0.1, 0.15) is 35.6 Å². The number of nitrogens with zero attached hydrogens (tertiary/aromatic N) is 1. The summed E-state index contributed by atoms with van der Waals surface area (Å²) in [6.07, 6.45) is -0.0504. The Kier molecular flexibility index (Phi) is 5.85. The molecule has 1 aliphatic heterocycles. The Morgan fingerprint density at radius 2 is 1.52 bits per heavy atom. The zero-order chi connectivity index (χ0) is 22.0. The number of amides is 1. The van der Waals surface area contributed by atoms with Gasteiger partial charge >= 0.3 is 0 Å². The van der Waals surface area contributed by atoms with Crippen LogP contribution in [0.4, 0.5) is 14.5 Å². The summed E-state index contributed by atoms with van der Waals surface area (Å²) >= 11 is 0. The summed E-state index contributed by atoms with van der Waals surface area (Å²) in [7, 11) is 0. The van der Waals surface area contributed by atoms with E-state index in [1.807, 2.05) is 24.3 Å². The maximum atomic E-state index is 13.4. The Bertz CT molecular complexity index is 1050. The summed E-state index contributed by atoms with van der Waals surface area (Å²) in [6.45, 7) is 0.835. The van der Waals surface area contributed by atoms with Gasteiger partial charge < -0.3 is 15.7 Å².